The molecule has 2 aliphatic rings. The molecule has 4 rings (SSSR count). The highest BCUT2D eigenvalue weighted by molar-refractivity contribution is 7.89. The zero-order valence-electron chi connectivity index (χ0n) is 16.1. The van der Waals surface area contributed by atoms with Crippen LogP contribution >= 0.6 is 0 Å². The first kappa shape index (κ1) is 19.4. The highest BCUT2D eigenvalue weighted by atomic mass is 32.2. The lowest BCUT2D eigenvalue weighted by Crippen LogP contribution is -2.40. The monoisotopic (exact) mass is 406 g/mol. The van der Waals surface area contributed by atoms with E-state index < -0.39 is 10.0 Å². The number of carbonyl (C=O) groups excluding carboxylic acids is 1. The molecule has 152 valence electrons. The summed E-state index contributed by atoms with van der Waals surface area (Å²) in [5.41, 5.74) is 1.19. The van der Waals surface area contributed by atoms with Crippen molar-refractivity contribution in [3.05, 3.63) is 29.5 Å². The van der Waals surface area contributed by atoms with Crippen molar-refractivity contribution in [1.82, 2.24) is 9.62 Å². The number of morpholine rings is 1. The molecule has 0 radical (unpaired) electrons. The van der Waals surface area contributed by atoms with E-state index >= 15 is 0 Å². The lowest BCUT2D eigenvalue weighted by molar-refractivity contribution is 0.0730. The van der Waals surface area contributed by atoms with Gasteiger partial charge in [-0.15, -0.1) is 0 Å². The van der Waals surface area contributed by atoms with Gasteiger partial charge in [-0.3, -0.25) is 4.79 Å². The summed E-state index contributed by atoms with van der Waals surface area (Å²) in [4.78, 5) is 12.9. The van der Waals surface area contributed by atoms with E-state index in [1.165, 1.54) is 10.7 Å². The number of rotatable bonds is 4. The van der Waals surface area contributed by atoms with Crippen LogP contribution in [0.15, 0.2) is 27.5 Å². The first-order valence-electron chi connectivity index (χ1n) is 9.89. The van der Waals surface area contributed by atoms with Crippen molar-refractivity contribution < 1.29 is 22.4 Å². The third-order valence-electron chi connectivity index (χ3n) is 5.66. The largest absolute Gasteiger partial charge is 0.451 e. The summed E-state index contributed by atoms with van der Waals surface area (Å²) in [6.45, 7) is 3.29. The van der Waals surface area contributed by atoms with Crippen LogP contribution in [0.5, 0.6) is 0 Å². The van der Waals surface area contributed by atoms with Crippen LogP contribution in [0.3, 0.4) is 0 Å². The predicted molar refractivity (Wildman–Crippen MR) is 105 cm³/mol. The molecule has 0 atom stereocenters. The average Bonchev–Trinajstić information content (AvgIpc) is 3.06. The number of sulfonamides is 1. The second-order valence-corrected chi connectivity index (χ2v) is 9.48. The maximum Gasteiger partial charge on any atom is 0.287 e. The molecule has 8 heteroatoms. The van der Waals surface area contributed by atoms with E-state index in [-0.39, 0.29) is 22.6 Å². The number of amides is 1. The van der Waals surface area contributed by atoms with E-state index in [0.29, 0.717) is 42.8 Å². The highest BCUT2D eigenvalue weighted by Crippen LogP contribution is 2.29. The first-order valence-corrected chi connectivity index (χ1v) is 11.3. The number of furan rings is 1. The fourth-order valence-corrected chi connectivity index (χ4v) is 5.45. The van der Waals surface area contributed by atoms with Crippen molar-refractivity contribution >= 4 is 26.9 Å². The number of nitrogens with one attached hydrogen (secondary N) is 1. The van der Waals surface area contributed by atoms with Crippen LogP contribution in [0.25, 0.3) is 11.0 Å². The van der Waals surface area contributed by atoms with E-state index in [0.717, 1.165) is 25.7 Å². The molecule has 7 nitrogen and oxygen atoms in total. The average molecular weight is 407 g/mol. The van der Waals surface area contributed by atoms with Crippen LogP contribution in [0.4, 0.5) is 0 Å². The predicted octanol–water partition coefficient (Wildman–Crippen LogP) is 2.82. The number of ether oxygens (including phenoxy) is 1. The van der Waals surface area contributed by atoms with Gasteiger partial charge in [0.1, 0.15) is 5.58 Å². The number of nitrogens with zero attached hydrogens (tertiary/aromatic N) is 1. The maximum atomic E-state index is 12.9. The highest BCUT2D eigenvalue weighted by Gasteiger charge is 2.28. The molecular formula is C20H26N2O5S. The zero-order valence-corrected chi connectivity index (χ0v) is 16.9. The van der Waals surface area contributed by atoms with Gasteiger partial charge in [0.2, 0.25) is 10.0 Å². The second-order valence-electron chi connectivity index (χ2n) is 7.54. The minimum absolute atomic E-state index is 0.186. The molecule has 28 heavy (non-hydrogen) atoms. The third-order valence-corrected chi connectivity index (χ3v) is 7.56. The summed E-state index contributed by atoms with van der Waals surface area (Å²) in [5, 5.41) is 3.72. The summed E-state index contributed by atoms with van der Waals surface area (Å²) in [6.07, 6.45) is 5.47. The van der Waals surface area contributed by atoms with Gasteiger partial charge in [0, 0.05) is 30.1 Å². The van der Waals surface area contributed by atoms with Gasteiger partial charge in [-0.1, -0.05) is 19.3 Å². The maximum absolute atomic E-state index is 12.9. The van der Waals surface area contributed by atoms with Crippen LogP contribution in [0.2, 0.25) is 0 Å². The Kier molecular flexibility index (Phi) is 5.44. The molecule has 1 N–H and O–H groups in total. The van der Waals surface area contributed by atoms with Crippen molar-refractivity contribution in [3.63, 3.8) is 0 Å². The van der Waals surface area contributed by atoms with Crippen LogP contribution in [0.1, 0.15) is 48.2 Å². The molecule has 1 amide bonds. The smallest absolute Gasteiger partial charge is 0.287 e. The molecule has 0 bridgehead atoms. The Morgan fingerprint density at radius 3 is 2.57 bits per heavy atom. The SMILES string of the molecule is Cc1c(C(=O)NC2CCCCC2)oc2ccc(S(=O)(=O)N3CCOCC3)cc12. The molecule has 1 aromatic carbocycles. The van der Waals surface area contributed by atoms with Gasteiger partial charge in [-0.25, -0.2) is 8.42 Å². The quantitative estimate of drug-likeness (QED) is 0.843. The van der Waals surface area contributed by atoms with Gasteiger partial charge in [0.05, 0.1) is 18.1 Å². The Morgan fingerprint density at radius 2 is 1.86 bits per heavy atom. The van der Waals surface area contributed by atoms with Crippen LogP contribution in [0, 0.1) is 6.92 Å². The lowest BCUT2D eigenvalue weighted by Gasteiger charge is -2.26. The number of hydrogen-bond acceptors (Lipinski definition) is 5. The normalized spacial score (nSPS) is 19.8. The number of fused-ring (bicyclic) bond motifs is 1. The molecule has 0 unspecified atom stereocenters. The van der Waals surface area contributed by atoms with Gasteiger partial charge in [0.15, 0.2) is 5.76 Å². The molecule has 1 saturated carbocycles. The van der Waals surface area contributed by atoms with Gasteiger partial charge < -0.3 is 14.5 Å². The Labute approximate surface area is 165 Å². The summed E-state index contributed by atoms with van der Waals surface area (Å²) in [7, 11) is -3.59. The molecule has 0 spiro atoms. The summed E-state index contributed by atoms with van der Waals surface area (Å²) < 4.78 is 38.3. The topological polar surface area (TPSA) is 88.8 Å². The summed E-state index contributed by atoms with van der Waals surface area (Å²) in [6, 6.07) is 4.97. The number of hydrogen-bond donors (Lipinski definition) is 1. The van der Waals surface area contributed by atoms with Gasteiger partial charge in [-0.05, 0) is 38.0 Å². The van der Waals surface area contributed by atoms with E-state index in [1.54, 1.807) is 25.1 Å². The summed E-state index contributed by atoms with van der Waals surface area (Å²) in [5.74, 6) is 0.0414. The van der Waals surface area contributed by atoms with E-state index in [9.17, 15) is 13.2 Å². The van der Waals surface area contributed by atoms with Crippen LogP contribution in [-0.4, -0.2) is 51.0 Å². The van der Waals surface area contributed by atoms with E-state index in [2.05, 4.69) is 5.32 Å². The van der Waals surface area contributed by atoms with Gasteiger partial charge in [0.25, 0.3) is 5.91 Å². The lowest BCUT2D eigenvalue weighted by atomic mass is 9.95. The van der Waals surface area contributed by atoms with Gasteiger partial charge >= 0.3 is 0 Å². The number of aryl methyl sites for hydroxylation is 1. The standard InChI is InChI=1S/C20H26N2O5S/c1-14-17-13-16(28(24,25)22-9-11-26-12-10-22)7-8-18(17)27-19(14)20(23)21-15-5-3-2-4-6-15/h7-8,13,15H,2-6,9-12H2,1H3,(H,21,23). The number of benzene rings is 1. The minimum Gasteiger partial charge on any atom is -0.451 e. The Morgan fingerprint density at radius 1 is 1.14 bits per heavy atom. The third kappa shape index (κ3) is 3.68. The molecule has 1 aromatic heterocycles. The van der Waals surface area contributed by atoms with Crippen molar-refractivity contribution in [1.29, 1.82) is 0 Å². The first-order chi connectivity index (χ1) is 13.5. The molecule has 1 aliphatic heterocycles. The molecule has 2 aromatic rings. The van der Waals surface area contributed by atoms with Crippen molar-refractivity contribution in [2.24, 2.45) is 0 Å². The van der Waals surface area contributed by atoms with Crippen LogP contribution in [-0.2, 0) is 14.8 Å². The minimum atomic E-state index is -3.59. The van der Waals surface area contributed by atoms with Crippen LogP contribution < -0.4 is 5.32 Å². The zero-order chi connectivity index (χ0) is 19.7. The van der Waals surface area contributed by atoms with Crippen molar-refractivity contribution in [2.75, 3.05) is 26.3 Å². The van der Waals surface area contributed by atoms with Gasteiger partial charge in [-0.2, -0.15) is 4.31 Å². The molecule has 1 saturated heterocycles. The van der Waals surface area contributed by atoms with E-state index in [4.69, 9.17) is 9.15 Å². The molecule has 2 heterocycles. The Balaban J connectivity index is 1.61. The summed E-state index contributed by atoms with van der Waals surface area (Å²) >= 11 is 0. The number of carbonyl (C=O) groups is 1. The van der Waals surface area contributed by atoms with Crippen molar-refractivity contribution in [3.8, 4) is 0 Å². The molecule has 2 fully saturated rings. The van der Waals surface area contributed by atoms with Crippen molar-refractivity contribution in [2.45, 2.75) is 50.0 Å². The fraction of sp³-hybridized carbons (Fsp3) is 0.550. The second kappa shape index (κ2) is 7.85. The Bertz CT molecular complexity index is 970. The van der Waals surface area contributed by atoms with E-state index in [1.807, 2.05) is 0 Å². The Hall–Kier alpha value is -1.90. The molecular weight excluding hydrogens is 380 g/mol. The fourth-order valence-electron chi connectivity index (χ4n) is 4.01. The molecule has 1 aliphatic carbocycles.